The highest BCUT2D eigenvalue weighted by molar-refractivity contribution is 6.40. The zero-order chi connectivity index (χ0) is 17.4. The molecule has 2 aromatic rings. The van der Waals surface area contributed by atoms with Gasteiger partial charge in [-0.1, -0.05) is 13.0 Å². The van der Waals surface area contributed by atoms with Crippen LogP contribution in [0.2, 0.25) is 0 Å². The molecule has 2 amide bonds. The molecule has 4 rings (SSSR count). The standard InChI is InChI=1S/C19H24N4O2/c1-2-22-11-9-13-6-7-14(12-22)23(13)19(25)18(24)21-17-5-3-4-16-15(17)8-10-20-16/h3-5,8,10,13-14,20H,2,6-7,9,11-12H2,1H3,(H,21,24)/t13-,14+/m1/s1. The summed E-state index contributed by atoms with van der Waals surface area (Å²) in [6, 6.07) is 7.91. The van der Waals surface area contributed by atoms with E-state index in [1.807, 2.05) is 35.4 Å². The minimum Gasteiger partial charge on any atom is -0.361 e. The summed E-state index contributed by atoms with van der Waals surface area (Å²) in [4.78, 5) is 32.9. The number of hydrogen-bond donors (Lipinski definition) is 2. The minimum absolute atomic E-state index is 0.161. The number of carbonyl (C=O) groups is 2. The van der Waals surface area contributed by atoms with Gasteiger partial charge < -0.3 is 20.1 Å². The number of fused-ring (bicyclic) bond motifs is 3. The van der Waals surface area contributed by atoms with Gasteiger partial charge in [0.25, 0.3) is 0 Å². The average molecular weight is 340 g/mol. The van der Waals surface area contributed by atoms with E-state index in [1.165, 1.54) is 0 Å². The molecule has 1 aromatic heterocycles. The molecule has 6 heteroatoms. The Morgan fingerprint density at radius 3 is 2.88 bits per heavy atom. The first-order chi connectivity index (χ1) is 12.2. The maximum atomic E-state index is 12.9. The molecule has 2 bridgehead atoms. The molecular formula is C19H24N4O2. The number of nitrogens with zero attached hydrogens (tertiary/aromatic N) is 2. The van der Waals surface area contributed by atoms with Crippen molar-refractivity contribution in [1.29, 1.82) is 0 Å². The van der Waals surface area contributed by atoms with Gasteiger partial charge in [0.15, 0.2) is 0 Å². The van der Waals surface area contributed by atoms with Crippen LogP contribution in [0.25, 0.3) is 10.9 Å². The van der Waals surface area contributed by atoms with Crippen LogP contribution in [0.1, 0.15) is 26.2 Å². The summed E-state index contributed by atoms with van der Waals surface area (Å²) in [5, 5.41) is 3.74. The zero-order valence-electron chi connectivity index (χ0n) is 14.5. The molecule has 0 radical (unpaired) electrons. The lowest BCUT2D eigenvalue weighted by atomic mass is 10.1. The van der Waals surface area contributed by atoms with Gasteiger partial charge in [-0.05, 0) is 44.0 Å². The SMILES string of the molecule is CCN1CC[C@H]2CC[C@@H](C1)N2C(=O)C(=O)Nc1cccc2[nH]ccc12. The minimum atomic E-state index is -0.532. The van der Waals surface area contributed by atoms with Crippen LogP contribution in [-0.4, -0.2) is 58.3 Å². The normalized spacial score (nSPS) is 23.6. The molecule has 0 spiro atoms. The Labute approximate surface area is 147 Å². The number of likely N-dealkylation sites (tertiary alicyclic amines) is 1. The smallest absolute Gasteiger partial charge is 0.313 e. The molecule has 2 atom stereocenters. The van der Waals surface area contributed by atoms with E-state index in [9.17, 15) is 9.59 Å². The third kappa shape index (κ3) is 2.91. The van der Waals surface area contributed by atoms with Crippen molar-refractivity contribution in [2.75, 3.05) is 25.0 Å². The summed E-state index contributed by atoms with van der Waals surface area (Å²) in [5.41, 5.74) is 1.62. The Morgan fingerprint density at radius 2 is 2.04 bits per heavy atom. The van der Waals surface area contributed by atoms with Gasteiger partial charge >= 0.3 is 11.8 Å². The first kappa shape index (κ1) is 16.1. The largest absolute Gasteiger partial charge is 0.361 e. The van der Waals surface area contributed by atoms with Gasteiger partial charge in [0, 0.05) is 42.3 Å². The zero-order valence-corrected chi connectivity index (χ0v) is 14.5. The first-order valence-corrected chi connectivity index (χ1v) is 9.09. The third-order valence-corrected chi connectivity index (χ3v) is 5.59. The van der Waals surface area contributed by atoms with Gasteiger partial charge in [-0.2, -0.15) is 0 Å². The summed E-state index contributed by atoms with van der Waals surface area (Å²) < 4.78 is 0. The van der Waals surface area contributed by atoms with Crippen LogP contribution >= 0.6 is 0 Å². The fourth-order valence-electron chi connectivity index (χ4n) is 4.25. The molecule has 0 aliphatic carbocycles. The van der Waals surface area contributed by atoms with Crippen LogP contribution in [0.5, 0.6) is 0 Å². The molecule has 0 saturated carbocycles. The fraction of sp³-hybridized carbons (Fsp3) is 0.474. The molecule has 3 heterocycles. The average Bonchev–Trinajstić information content (AvgIpc) is 3.19. The molecule has 132 valence electrons. The highest BCUT2D eigenvalue weighted by Crippen LogP contribution is 2.30. The van der Waals surface area contributed by atoms with Crippen molar-refractivity contribution < 1.29 is 9.59 Å². The topological polar surface area (TPSA) is 68.4 Å². The lowest BCUT2D eigenvalue weighted by Gasteiger charge is -2.28. The number of anilines is 1. The summed E-state index contributed by atoms with van der Waals surface area (Å²) in [5.74, 6) is -0.923. The third-order valence-electron chi connectivity index (χ3n) is 5.59. The van der Waals surface area contributed by atoms with Gasteiger partial charge in [-0.25, -0.2) is 0 Å². The van der Waals surface area contributed by atoms with Crippen LogP contribution in [0.15, 0.2) is 30.5 Å². The second kappa shape index (κ2) is 6.52. The van der Waals surface area contributed by atoms with Crippen molar-refractivity contribution in [3.05, 3.63) is 30.5 Å². The molecule has 2 N–H and O–H groups in total. The van der Waals surface area contributed by atoms with Crippen molar-refractivity contribution in [2.45, 2.75) is 38.3 Å². The van der Waals surface area contributed by atoms with E-state index in [-0.39, 0.29) is 12.1 Å². The van der Waals surface area contributed by atoms with Crippen molar-refractivity contribution >= 4 is 28.4 Å². The molecular weight excluding hydrogens is 316 g/mol. The molecule has 1 aromatic carbocycles. The molecule has 2 fully saturated rings. The fourth-order valence-corrected chi connectivity index (χ4v) is 4.25. The van der Waals surface area contributed by atoms with E-state index in [0.29, 0.717) is 5.69 Å². The second-order valence-electron chi connectivity index (χ2n) is 6.98. The van der Waals surface area contributed by atoms with Gasteiger partial charge in [0.2, 0.25) is 0 Å². The number of carbonyl (C=O) groups excluding carboxylic acids is 2. The summed E-state index contributed by atoms with van der Waals surface area (Å²) in [6.07, 6.45) is 4.79. The van der Waals surface area contributed by atoms with Crippen molar-refractivity contribution in [3.8, 4) is 0 Å². The van der Waals surface area contributed by atoms with Gasteiger partial charge in [-0.15, -0.1) is 0 Å². The van der Waals surface area contributed by atoms with E-state index >= 15 is 0 Å². The van der Waals surface area contributed by atoms with Gasteiger partial charge in [0.1, 0.15) is 0 Å². The van der Waals surface area contributed by atoms with Crippen LogP contribution in [-0.2, 0) is 9.59 Å². The van der Waals surface area contributed by atoms with E-state index in [4.69, 9.17) is 0 Å². The highest BCUT2D eigenvalue weighted by Gasteiger charge is 2.41. The number of rotatable bonds is 2. The number of H-pyrrole nitrogens is 1. The van der Waals surface area contributed by atoms with E-state index in [1.54, 1.807) is 0 Å². The maximum absolute atomic E-state index is 12.9. The maximum Gasteiger partial charge on any atom is 0.313 e. The molecule has 2 aliphatic heterocycles. The number of likely N-dealkylation sites (N-methyl/N-ethyl adjacent to an activating group) is 1. The number of hydrogen-bond acceptors (Lipinski definition) is 3. The van der Waals surface area contributed by atoms with Crippen LogP contribution in [0.3, 0.4) is 0 Å². The second-order valence-corrected chi connectivity index (χ2v) is 6.98. The molecule has 6 nitrogen and oxygen atoms in total. The van der Waals surface area contributed by atoms with Crippen LogP contribution in [0.4, 0.5) is 5.69 Å². The van der Waals surface area contributed by atoms with E-state index in [2.05, 4.69) is 22.1 Å². The van der Waals surface area contributed by atoms with Crippen LogP contribution in [0, 0.1) is 0 Å². The number of amides is 2. The van der Waals surface area contributed by atoms with Crippen molar-refractivity contribution in [1.82, 2.24) is 14.8 Å². The van der Waals surface area contributed by atoms with E-state index in [0.717, 1.165) is 49.8 Å². The molecule has 25 heavy (non-hydrogen) atoms. The Hall–Kier alpha value is -2.34. The Morgan fingerprint density at radius 1 is 1.20 bits per heavy atom. The van der Waals surface area contributed by atoms with Gasteiger partial charge in [0.05, 0.1) is 5.69 Å². The van der Waals surface area contributed by atoms with Crippen LogP contribution < -0.4 is 5.32 Å². The predicted octanol–water partition coefficient (Wildman–Crippen LogP) is 2.19. The summed E-state index contributed by atoms with van der Waals surface area (Å²) in [6.45, 7) is 5.02. The number of aromatic amines is 1. The van der Waals surface area contributed by atoms with E-state index < -0.39 is 11.8 Å². The quantitative estimate of drug-likeness (QED) is 0.824. The lowest BCUT2D eigenvalue weighted by molar-refractivity contribution is -0.145. The van der Waals surface area contributed by atoms with Crippen molar-refractivity contribution in [3.63, 3.8) is 0 Å². The number of aromatic nitrogens is 1. The molecule has 0 unspecified atom stereocenters. The Balaban J connectivity index is 1.52. The van der Waals surface area contributed by atoms with Crippen molar-refractivity contribution in [2.24, 2.45) is 0 Å². The van der Waals surface area contributed by atoms with Gasteiger partial charge in [-0.3, -0.25) is 9.59 Å². The highest BCUT2D eigenvalue weighted by atomic mass is 16.2. The summed E-state index contributed by atoms with van der Waals surface area (Å²) >= 11 is 0. The number of nitrogens with one attached hydrogen (secondary N) is 2. The monoisotopic (exact) mass is 340 g/mol. The molecule has 2 saturated heterocycles. The lowest BCUT2D eigenvalue weighted by Crippen LogP contribution is -2.47. The first-order valence-electron chi connectivity index (χ1n) is 9.09. The number of benzene rings is 1. The Bertz CT molecular complexity index is 800. The predicted molar refractivity (Wildman–Crippen MR) is 97.3 cm³/mol. The molecule has 2 aliphatic rings. The summed E-state index contributed by atoms with van der Waals surface area (Å²) in [7, 11) is 0. The Kier molecular flexibility index (Phi) is 4.21.